The average molecular weight is 370 g/mol. The van der Waals surface area contributed by atoms with Crippen LogP contribution in [0.25, 0.3) is 0 Å². The number of hydrogen-bond acceptors (Lipinski definition) is 6. The van der Waals surface area contributed by atoms with Gasteiger partial charge in [0.2, 0.25) is 11.8 Å². The third-order valence-electron chi connectivity index (χ3n) is 3.83. The van der Waals surface area contributed by atoms with Gasteiger partial charge in [-0.05, 0) is 26.2 Å². The molecule has 8 nitrogen and oxygen atoms in total. The summed E-state index contributed by atoms with van der Waals surface area (Å²) < 4.78 is 10.2. The van der Waals surface area contributed by atoms with Crippen molar-refractivity contribution in [3.8, 4) is 0 Å². The second kappa shape index (κ2) is 13.3. The minimum Gasteiger partial charge on any atom is -0.464 e. The van der Waals surface area contributed by atoms with Crippen molar-refractivity contribution >= 4 is 17.8 Å². The van der Waals surface area contributed by atoms with E-state index in [4.69, 9.17) is 14.6 Å². The first-order valence-corrected chi connectivity index (χ1v) is 9.09. The zero-order chi connectivity index (χ0) is 19.2. The standard InChI is InChI=1S/C18H30N2O6/c1-14-13-26-17(23)7-5-3-2-4-6-15(18(24)20-14)12-16(22)19-8-10-25-11-9-21/h2,4,14-15,21H,3,5-13H2,1H3,(H,19,22)(H,20,24). The van der Waals surface area contributed by atoms with Crippen molar-refractivity contribution in [2.75, 3.05) is 33.0 Å². The van der Waals surface area contributed by atoms with Crippen molar-refractivity contribution in [2.45, 2.75) is 45.1 Å². The van der Waals surface area contributed by atoms with Crippen LogP contribution in [0.4, 0.5) is 0 Å². The van der Waals surface area contributed by atoms with Gasteiger partial charge >= 0.3 is 5.97 Å². The molecule has 2 unspecified atom stereocenters. The van der Waals surface area contributed by atoms with Gasteiger partial charge in [-0.25, -0.2) is 0 Å². The Morgan fingerprint density at radius 1 is 1.38 bits per heavy atom. The monoisotopic (exact) mass is 370 g/mol. The highest BCUT2D eigenvalue weighted by molar-refractivity contribution is 5.86. The minimum absolute atomic E-state index is 0.0595. The number of amides is 2. The van der Waals surface area contributed by atoms with Gasteiger partial charge in [0.25, 0.3) is 0 Å². The molecular weight excluding hydrogens is 340 g/mol. The highest BCUT2D eigenvalue weighted by Gasteiger charge is 2.22. The first kappa shape index (κ1) is 22.1. The largest absolute Gasteiger partial charge is 0.464 e. The number of allylic oxidation sites excluding steroid dienone is 2. The smallest absolute Gasteiger partial charge is 0.305 e. The molecule has 0 saturated carbocycles. The van der Waals surface area contributed by atoms with Crippen LogP contribution in [0.3, 0.4) is 0 Å². The van der Waals surface area contributed by atoms with Crippen molar-refractivity contribution in [1.82, 2.24) is 10.6 Å². The number of cyclic esters (lactones) is 1. The van der Waals surface area contributed by atoms with Crippen LogP contribution in [-0.4, -0.2) is 61.9 Å². The number of aliphatic hydroxyl groups excluding tert-OH is 1. The number of carbonyl (C=O) groups is 3. The molecule has 0 saturated heterocycles. The van der Waals surface area contributed by atoms with Crippen molar-refractivity contribution in [3.63, 3.8) is 0 Å². The summed E-state index contributed by atoms with van der Waals surface area (Å²) in [5.41, 5.74) is 0. The third-order valence-corrected chi connectivity index (χ3v) is 3.83. The van der Waals surface area contributed by atoms with E-state index in [0.717, 1.165) is 6.42 Å². The van der Waals surface area contributed by atoms with Crippen LogP contribution in [-0.2, 0) is 23.9 Å². The van der Waals surface area contributed by atoms with Gasteiger partial charge in [0.15, 0.2) is 0 Å². The molecule has 0 radical (unpaired) electrons. The Kier molecular flexibility index (Phi) is 11.3. The number of rotatable bonds is 7. The summed E-state index contributed by atoms with van der Waals surface area (Å²) in [6.07, 6.45) is 6.13. The van der Waals surface area contributed by atoms with Crippen molar-refractivity contribution in [2.24, 2.45) is 5.92 Å². The van der Waals surface area contributed by atoms with E-state index in [0.29, 0.717) is 32.4 Å². The van der Waals surface area contributed by atoms with Crippen molar-refractivity contribution < 1.29 is 29.0 Å². The predicted molar refractivity (Wildman–Crippen MR) is 95.2 cm³/mol. The number of ether oxygens (including phenoxy) is 2. The lowest BCUT2D eigenvalue weighted by molar-refractivity contribution is -0.145. The average Bonchev–Trinajstić information content (AvgIpc) is 2.61. The number of nitrogens with one attached hydrogen (secondary N) is 2. The first-order chi connectivity index (χ1) is 12.5. The van der Waals surface area contributed by atoms with Gasteiger partial charge < -0.3 is 25.2 Å². The molecule has 0 aromatic rings. The molecule has 1 rings (SSSR count). The quantitative estimate of drug-likeness (QED) is 0.337. The molecule has 2 amide bonds. The van der Waals surface area contributed by atoms with Crippen LogP contribution < -0.4 is 10.6 Å². The Morgan fingerprint density at radius 2 is 2.19 bits per heavy atom. The molecule has 0 fully saturated rings. The summed E-state index contributed by atoms with van der Waals surface area (Å²) in [4.78, 5) is 36.0. The van der Waals surface area contributed by atoms with E-state index in [1.54, 1.807) is 6.92 Å². The Labute approximate surface area is 154 Å². The van der Waals surface area contributed by atoms with Crippen LogP contribution in [0, 0.1) is 5.92 Å². The van der Waals surface area contributed by atoms with E-state index in [9.17, 15) is 14.4 Å². The maximum Gasteiger partial charge on any atom is 0.305 e. The molecule has 2 atom stereocenters. The molecule has 1 aliphatic heterocycles. The lowest BCUT2D eigenvalue weighted by Gasteiger charge is -2.19. The number of carbonyl (C=O) groups excluding carboxylic acids is 3. The van der Waals surface area contributed by atoms with Crippen LogP contribution >= 0.6 is 0 Å². The number of hydrogen-bond donors (Lipinski definition) is 3. The maximum absolute atomic E-state index is 12.4. The molecule has 3 N–H and O–H groups in total. The number of esters is 1. The second-order valence-corrected chi connectivity index (χ2v) is 6.28. The van der Waals surface area contributed by atoms with E-state index in [1.807, 2.05) is 12.2 Å². The van der Waals surface area contributed by atoms with E-state index >= 15 is 0 Å². The molecule has 0 spiro atoms. The Bertz CT molecular complexity index is 480. The Balaban J connectivity index is 2.53. The lowest BCUT2D eigenvalue weighted by atomic mass is 9.98. The maximum atomic E-state index is 12.4. The molecule has 26 heavy (non-hydrogen) atoms. The summed E-state index contributed by atoms with van der Waals surface area (Å²) in [6.45, 7) is 2.69. The fourth-order valence-corrected chi connectivity index (χ4v) is 2.44. The Morgan fingerprint density at radius 3 is 2.96 bits per heavy atom. The minimum atomic E-state index is -0.483. The number of aliphatic hydroxyl groups is 1. The molecule has 0 bridgehead atoms. The summed E-state index contributed by atoms with van der Waals surface area (Å²) in [6, 6.07) is -0.311. The van der Waals surface area contributed by atoms with Crippen LogP contribution in [0.1, 0.15) is 39.0 Å². The fourth-order valence-electron chi connectivity index (χ4n) is 2.44. The Hall–Kier alpha value is -1.93. The summed E-state index contributed by atoms with van der Waals surface area (Å²) in [5, 5.41) is 14.1. The fraction of sp³-hybridized carbons (Fsp3) is 0.722. The van der Waals surface area contributed by atoms with Crippen LogP contribution in [0.5, 0.6) is 0 Å². The topological polar surface area (TPSA) is 114 Å². The third kappa shape index (κ3) is 10.1. The van der Waals surface area contributed by atoms with E-state index in [-0.39, 0.29) is 50.1 Å². The van der Waals surface area contributed by atoms with Gasteiger partial charge in [0.05, 0.1) is 31.8 Å². The van der Waals surface area contributed by atoms with Crippen molar-refractivity contribution in [3.05, 3.63) is 12.2 Å². The SMILES string of the molecule is CC1COC(=O)CCCC=CCC(CC(=O)NCCOCCO)C(=O)N1. The molecule has 0 aliphatic carbocycles. The lowest BCUT2D eigenvalue weighted by Crippen LogP contribution is -2.41. The molecule has 8 heteroatoms. The zero-order valence-corrected chi connectivity index (χ0v) is 15.4. The van der Waals surface area contributed by atoms with Crippen molar-refractivity contribution in [1.29, 1.82) is 0 Å². The zero-order valence-electron chi connectivity index (χ0n) is 15.4. The van der Waals surface area contributed by atoms with Gasteiger partial charge in [-0.3, -0.25) is 14.4 Å². The van der Waals surface area contributed by atoms with E-state index in [2.05, 4.69) is 10.6 Å². The predicted octanol–water partition coefficient (Wildman–Crippen LogP) is 0.296. The van der Waals surface area contributed by atoms with E-state index in [1.165, 1.54) is 0 Å². The van der Waals surface area contributed by atoms with Crippen LogP contribution in [0.15, 0.2) is 12.2 Å². The van der Waals surface area contributed by atoms with E-state index < -0.39 is 5.92 Å². The molecule has 1 heterocycles. The summed E-state index contributed by atoms with van der Waals surface area (Å²) in [7, 11) is 0. The second-order valence-electron chi connectivity index (χ2n) is 6.28. The highest BCUT2D eigenvalue weighted by atomic mass is 16.5. The normalized spacial score (nSPS) is 22.4. The summed E-state index contributed by atoms with van der Waals surface area (Å²) in [5.74, 6) is -1.21. The van der Waals surface area contributed by atoms with Gasteiger partial charge in [0, 0.05) is 19.4 Å². The highest BCUT2D eigenvalue weighted by Crippen LogP contribution is 2.12. The van der Waals surface area contributed by atoms with Gasteiger partial charge in [-0.15, -0.1) is 0 Å². The molecule has 148 valence electrons. The summed E-state index contributed by atoms with van der Waals surface area (Å²) >= 11 is 0. The molecule has 0 aromatic heterocycles. The molecule has 0 aromatic carbocycles. The van der Waals surface area contributed by atoms with Gasteiger partial charge in [-0.1, -0.05) is 12.2 Å². The molecule has 1 aliphatic rings. The van der Waals surface area contributed by atoms with Gasteiger partial charge in [0.1, 0.15) is 6.61 Å². The van der Waals surface area contributed by atoms with Crippen LogP contribution in [0.2, 0.25) is 0 Å². The van der Waals surface area contributed by atoms with Gasteiger partial charge in [-0.2, -0.15) is 0 Å². The molecular formula is C18H30N2O6. The first-order valence-electron chi connectivity index (χ1n) is 9.09.